The molecule has 3 heterocycles. The molecule has 2 aromatic heterocycles. The van der Waals surface area contributed by atoms with Crippen molar-refractivity contribution in [3.05, 3.63) is 48.5 Å². The first kappa shape index (κ1) is 15.9. The van der Waals surface area contributed by atoms with Gasteiger partial charge in [-0.25, -0.2) is 4.98 Å². The number of furan rings is 1. The molecule has 1 aliphatic heterocycles. The van der Waals surface area contributed by atoms with Crippen molar-refractivity contribution >= 4 is 45.6 Å². The van der Waals surface area contributed by atoms with Crippen LogP contribution in [0.5, 0.6) is 0 Å². The van der Waals surface area contributed by atoms with Gasteiger partial charge in [-0.2, -0.15) is 0 Å². The van der Waals surface area contributed by atoms with Crippen LogP contribution in [-0.4, -0.2) is 23.3 Å². The first-order valence-electron chi connectivity index (χ1n) is 8.92. The highest BCUT2D eigenvalue weighted by molar-refractivity contribution is 6.65. The molecule has 5 heteroatoms. The van der Waals surface area contributed by atoms with Crippen molar-refractivity contribution in [3.63, 3.8) is 0 Å². The fourth-order valence-corrected chi connectivity index (χ4v) is 3.52. The van der Waals surface area contributed by atoms with E-state index in [1.807, 2.05) is 48.5 Å². The largest absolute Gasteiger partial charge is 0.495 e. The molecule has 4 aromatic rings. The van der Waals surface area contributed by atoms with Gasteiger partial charge in [0, 0.05) is 10.8 Å². The van der Waals surface area contributed by atoms with Gasteiger partial charge < -0.3 is 13.7 Å². The van der Waals surface area contributed by atoms with Gasteiger partial charge >= 0.3 is 7.12 Å². The molecule has 1 saturated heterocycles. The zero-order valence-electron chi connectivity index (χ0n) is 15.4. The molecule has 0 spiro atoms. The summed E-state index contributed by atoms with van der Waals surface area (Å²) >= 11 is 0. The average Bonchev–Trinajstić information content (AvgIpc) is 3.06. The van der Waals surface area contributed by atoms with Crippen molar-refractivity contribution in [1.82, 2.24) is 4.98 Å². The van der Waals surface area contributed by atoms with E-state index in [0.29, 0.717) is 0 Å². The normalized spacial score (nSPS) is 19.0. The maximum Gasteiger partial charge on any atom is 0.495 e. The van der Waals surface area contributed by atoms with Crippen LogP contribution in [-0.2, 0) is 9.31 Å². The fraction of sp³-hybridized carbons (Fsp3) is 0.286. The summed E-state index contributed by atoms with van der Waals surface area (Å²) in [6.45, 7) is 8.25. The van der Waals surface area contributed by atoms with E-state index in [1.165, 1.54) is 0 Å². The molecule has 0 radical (unpaired) electrons. The lowest BCUT2D eigenvalue weighted by atomic mass is 9.77. The van der Waals surface area contributed by atoms with E-state index >= 15 is 0 Å². The lowest BCUT2D eigenvalue weighted by Crippen LogP contribution is -2.41. The van der Waals surface area contributed by atoms with E-state index in [2.05, 4.69) is 27.7 Å². The number of rotatable bonds is 1. The molecular formula is C21H20BNO3. The Morgan fingerprint density at radius 1 is 0.846 bits per heavy atom. The monoisotopic (exact) mass is 345 g/mol. The SMILES string of the molecule is CC1(C)OB(c2cccc3oc4cc5ccccc5nc4c23)OC1(C)C. The second-order valence-corrected chi connectivity index (χ2v) is 7.94. The summed E-state index contributed by atoms with van der Waals surface area (Å²) in [5.41, 5.74) is 3.56. The highest BCUT2D eigenvalue weighted by Gasteiger charge is 2.52. The number of hydrogen-bond donors (Lipinski definition) is 0. The summed E-state index contributed by atoms with van der Waals surface area (Å²) < 4.78 is 18.6. The van der Waals surface area contributed by atoms with Crippen LogP contribution in [0.2, 0.25) is 0 Å². The molecule has 2 aromatic carbocycles. The molecule has 0 unspecified atom stereocenters. The number of para-hydroxylation sites is 1. The van der Waals surface area contributed by atoms with E-state index in [4.69, 9.17) is 18.7 Å². The third-order valence-corrected chi connectivity index (χ3v) is 5.71. The molecule has 5 rings (SSSR count). The summed E-state index contributed by atoms with van der Waals surface area (Å²) in [7, 11) is -0.447. The molecule has 0 bridgehead atoms. The van der Waals surface area contributed by atoms with Crippen molar-refractivity contribution in [1.29, 1.82) is 0 Å². The number of fused-ring (bicyclic) bond motifs is 4. The number of hydrogen-bond acceptors (Lipinski definition) is 4. The molecule has 1 fully saturated rings. The summed E-state index contributed by atoms with van der Waals surface area (Å²) in [5.74, 6) is 0. The van der Waals surface area contributed by atoms with Crippen molar-refractivity contribution in [2.45, 2.75) is 38.9 Å². The number of pyridine rings is 1. The Morgan fingerprint density at radius 2 is 1.58 bits per heavy atom. The maximum atomic E-state index is 6.27. The zero-order chi connectivity index (χ0) is 18.1. The minimum Gasteiger partial charge on any atom is -0.454 e. The summed E-state index contributed by atoms with van der Waals surface area (Å²) in [4.78, 5) is 4.87. The first-order chi connectivity index (χ1) is 12.4. The van der Waals surface area contributed by atoms with Crippen LogP contribution < -0.4 is 5.46 Å². The maximum absolute atomic E-state index is 6.27. The number of benzene rings is 2. The first-order valence-corrected chi connectivity index (χ1v) is 8.92. The van der Waals surface area contributed by atoms with Crippen LogP contribution in [0.25, 0.3) is 33.0 Å². The molecule has 0 amide bonds. The Hall–Kier alpha value is -2.37. The van der Waals surface area contributed by atoms with Gasteiger partial charge in [-0.05, 0) is 51.4 Å². The van der Waals surface area contributed by atoms with Gasteiger partial charge in [0.1, 0.15) is 11.1 Å². The molecule has 130 valence electrons. The smallest absolute Gasteiger partial charge is 0.454 e. The van der Waals surface area contributed by atoms with Gasteiger partial charge in [-0.3, -0.25) is 0 Å². The highest BCUT2D eigenvalue weighted by Crippen LogP contribution is 2.38. The lowest BCUT2D eigenvalue weighted by molar-refractivity contribution is 0.00578. The Balaban J connectivity index is 1.77. The van der Waals surface area contributed by atoms with Crippen LogP contribution in [0.4, 0.5) is 0 Å². The van der Waals surface area contributed by atoms with E-state index in [-0.39, 0.29) is 11.2 Å². The minimum absolute atomic E-state index is 0.389. The van der Waals surface area contributed by atoms with Crippen molar-refractivity contribution in [2.75, 3.05) is 0 Å². The van der Waals surface area contributed by atoms with E-state index in [9.17, 15) is 0 Å². The second kappa shape index (κ2) is 5.09. The highest BCUT2D eigenvalue weighted by atomic mass is 16.7. The summed E-state index contributed by atoms with van der Waals surface area (Å²) in [5, 5.41) is 2.03. The molecule has 1 aliphatic rings. The molecule has 0 N–H and O–H groups in total. The number of nitrogens with zero attached hydrogens (tertiary/aromatic N) is 1. The van der Waals surface area contributed by atoms with E-state index < -0.39 is 7.12 Å². The molecule has 0 aliphatic carbocycles. The molecule has 4 nitrogen and oxygen atoms in total. The summed E-state index contributed by atoms with van der Waals surface area (Å²) in [6.07, 6.45) is 0. The third-order valence-electron chi connectivity index (χ3n) is 5.71. The van der Waals surface area contributed by atoms with Crippen LogP contribution in [0.3, 0.4) is 0 Å². The Morgan fingerprint density at radius 3 is 2.35 bits per heavy atom. The van der Waals surface area contributed by atoms with Crippen LogP contribution >= 0.6 is 0 Å². The standard InChI is InChI=1S/C21H20BNO3/c1-20(2)21(3,4)26-22(25-20)14-9-7-11-16-18(14)19-17(24-16)12-13-8-5-6-10-15(13)23-19/h5-12H,1-4H3. The topological polar surface area (TPSA) is 44.5 Å². The van der Waals surface area contributed by atoms with Gasteiger partial charge in [0.15, 0.2) is 5.58 Å². The van der Waals surface area contributed by atoms with Gasteiger partial charge in [0.25, 0.3) is 0 Å². The third kappa shape index (κ3) is 2.14. The Labute approximate surface area is 152 Å². The average molecular weight is 345 g/mol. The van der Waals surface area contributed by atoms with Crippen LogP contribution in [0.15, 0.2) is 52.9 Å². The van der Waals surface area contributed by atoms with E-state index in [0.717, 1.165) is 38.4 Å². The Kier molecular flexibility index (Phi) is 3.10. The molecule has 26 heavy (non-hydrogen) atoms. The lowest BCUT2D eigenvalue weighted by Gasteiger charge is -2.32. The van der Waals surface area contributed by atoms with E-state index in [1.54, 1.807) is 0 Å². The molecular weight excluding hydrogens is 325 g/mol. The quantitative estimate of drug-likeness (QED) is 0.479. The van der Waals surface area contributed by atoms with Crippen LogP contribution in [0, 0.1) is 0 Å². The predicted molar refractivity (Wildman–Crippen MR) is 105 cm³/mol. The van der Waals surface area contributed by atoms with Crippen molar-refractivity contribution < 1.29 is 13.7 Å². The predicted octanol–water partition coefficient (Wildman–Crippen LogP) is 4.43. The van der Waals surface area contributed by atoms with Crippen molar-refractivity contribution in [2.24, 2.45) is 0 Å². The van der Waals surface area contributed by atoms with Gasteiger partial charge in [0.05, 0.1) is 16.7 Å². The Bertz CT molecular complexity index is 1150. The summed E-state index contributed by atoms with van der Waals surface area (Å²) in [6, 6.07) is 16.1. The van der Waals surface area contributed by atoms with Gasteiger partial charge in [-0.1, -0.05) is 30.3 Å². The van der Waals surface area contributed by atoms with Gasteiger partial charge in [0.2, 0.25) is 0 Å². The minimum atomic E-state index is -0.447. The second-order valence-electron chi connectivity index (χ2n) is 7.94. The fourth-order valence-electron chi connectivity index (χ4n) is 3.52. The van der Waals surface area contributed by atoms with Crippen LogP contribution in [0.1, 0.15) is 27.7 Å². The zero-order valence-corrected chi connectivity index (χ0v) is 15.4. The molecule has 0 saturated carbocycles. The van der Waals surface area contributed by atoms with Crippen molar-refractivity contribution in [3.8, 4) is 0 Å². The van der Waals surface area contributed by atoms with Gasteiger partial charge in [-0.15, -0.1) is 0 Å². The number of aromatic nitrogens is 1. The molecule has 0 atom stereocenters.